The van der Waals surface area contributed by atoms with Crippen LogP contribution in [0.25, 0.3) is 0 Å². The molecule has 1 aliphatic carbocycles. The first-order valence-electron chi connectivity index (χ1n) is 7.41. The maximum Gasteiger partial charge on any atom is 0.168 e. The van der Waals surface area contributed by atoms with E-state index in [4.69, 9.17) is 23.7 Å². The maximum absolute atomic E-state index is 5.78. The highest BCUT2D eigenvalue weighted by atomic mass is 16.7. The first-order valence-corrected chi connectivity index (χ1v) is 7.41. The van der Waals surface area contributed by atoms with E-state index in [1.54, 1.807) is 0 Å². The summed E-state index contributed by atoms with van der Waals surface area (Å²) in [6, 6.07) is 0. The topological polar surface area (TPSA) is 46.2 Å². The monoisotopic (exact) mass is 272 g/mol. The van der Waals surface area contributed by atoms with E-state index in [0.29, 0.717) is 32.3 Å². The van der Waals surface area contributed by atoms with Crippen LogP contribution in [0, 0.1) is 5.92 Å². The van der Waals surface area contributed by atoms with E-state index in [1.165, 1.54) is 0 Å². The molecular formula is C14H24O5. The Kier molecular flexibility index (Phi) is 4.71. The van der Waals surface area contributed by atoms with Gasteiger partial charge in [0.1, 0.15) is 6.10 Å². The third kappa shape index (κ3) is 3.67. The van der Waals surface area contributed by atoms with Crippen LogP contribution in [0.4, 0.5) is 0 Å². The predicted molar refractivity (Wildman–Crippen MR) is 68.0 cm³/mol. The minimum absolute atomic E-state index is 0.116. The van der Waals surface area contributed by atoms with Crippen molar-refractivity contribution >= 4 is 0 Å². The van der Waals surface area contributed by atoms with Crippen molar-refractivity contribution < 1.29 is 23.7 Å². The fraction of sp³-hybridized carbons (Fsp3) is 1.00. The predicted octanol–water partition coefficient (Wildman–Crippen LogP) is 1.35. The van der Waals surface area contributed by atoms with Gasteiger partial charge in [-0.05, 0) is 18.8 Å². The third-order valence-corrected chi connectivity index (χ3v) is 4.22. The summed E-state index contributed by atoms with van der Waals surface area (Å²) in [7, 11) is 0. The molecule has 0 amide bonds. The molecule has 0 aromatic rings. The van der Waals surface area contributed by atoms with Crippen molar-refractivity contribution in [1.82, 2.24) is 0 Å². The molecule has 3 fully saturated rings. The highest BCUT2D eigenvalue weighted by Crippen LogP contribution is 2.38. The van der Waals surface area contributed by atoms with Gasteiger partial charge < -0.3 is 23.7 Å². The summed E-state index contributed by atoms with van der Waals surface area (Å²) >= 11 is 0. The summed E-state index contributed by atoms with van der Waals surface area (Å²) in [5.41, 5.74) is 0. The van der Waals surface area contributed by atoms with Gasteiger partial charge in [-0.2, -0.15) is 0 Å². The molecule has 0 aromatic carbocycles. The molecule has 110 valence electrons. The summed E-state index contributed by atoms with van der Waals surface area (Å²) < 4.78 is 28.1. The average molecular weight is 272 g/mol. The number of rotatable bonds is 4. The smallest absolute Gasteiger partial charge is 0.168 e. The van der Waals surface area contributed by atoms with Crippen molar-refractivity contribution in [2.45, 2.75) is 37.6 Å². The molecule has 5 heteroatoms. The zero-order valence-corrected chi connectivity index (χ0v) is 11.5. The molecule has 1 atom stereocenters. The molecule has 0 N–H and O–H groups in total. The second-order valence-corrected chi connectivity index (χ2v) is 5.66. The van der Waals surface area contributed by atoms with Crippen LogP contribution in [0.2, 0.25) is 0 Å². The quantitative estimate of drug-likeness (QED) is 0.773. The Morgan fingerprint density at radius 1 is 0.947 bits per heavy atom. The second kappa shape index (κ2) is 6.50. The van der Waals surface area contributed by atoms with Crippen LogP contribution in [0.3, 0.4) is 0 Å². The van der Waals surface area contributed by atoms with E-state index in [-0.39, 0.29) is 11.9 Å². The average Bonchev–Trinajstić information content (AvgIpc) is 2.91. The maximum atomic E-state index is 5.78. The SMILES string of the molecule is C1CO[C@@H](COCC2CCC3(CC2)OCCO3)CO1. The van der Waals surface area contributed by atoms with Crippen molar-refractivity contribution in [2.75, 3.05) is 46.2 Å². The molecule has 0 radical (unpaired) electrons. The lowest BCUT2D eigenvalue weighted by atomic mass is 9.85. The minimum Gasteiger partial charge on any atom is -0.378 e. The molecule has 2 aliphatic heterocycles. The molecule has 0 aromatic heterocycles. The van der Waals surface area contributed by atoms with E-state index in [0.717, 1.165) is 45.5 Å². The molecule has 0 bridgehead atoms. The normalized spacial score (nSPS) is 31.9. The fourth-order valence-corrected chi connectivity index (χ4v) is 3.07. The van der Waals surface area contributed by atoms with E-state index < -0.39 is 0 Å². The lowest BCUT2D eigenvalue weighted by Gasteiger charge is -2.35. The van der Waals surface area contributed by atoms with Gasteiger partial charge in [0, 0.05) is 19.4 Å². The molecule has 0 unspecified atom stereocenters. The summed E-state index contributed by atoms with van der Waals surface area (Å²) in [4.78, 5) is 0. The Morgan fingerprint density at radius 3 is 2.42 bits per heavy atom. The van der Waals surface area contributed by atoms with Gasteiger partial charge in [0.2, 0.25) is 0 Å². The van der Waals surface area contributed by atoms with Crippen molar-refractivity contribution in [3.05, 3.63) is 0 Å². The summed E-state index contributed by atoms with van der Waals surface area (Å²) in [5, 5.41) is 0. The Morgan fingerprint density at radius 2 is 1.74 bits per heavy atom. The van der Waals surface area contributed by atoms with E-state index >= 15 is 0 Å². The van der Waals surface area contributed by atoms with Gasteiger partial charge >= 0.3 is 0 Å². The van der Waals surface area contributed by atoms with Gasteiger partial charge in [0.15, 0.2) is 5.79 Å². The molecule has 19 heavy (non-hydrogen) atoms. The van der Waals surface area contributed by atoms with Crippen LogP contribution in [-0.2, 0) is 23.7 Å². The highest BCUT2D eigenvalue weighted by Gasteiger charge is 2.40. The van der Waals surface area contributed by atoms with Crippen LogP contribution in [0.1, 0.15) is 25.7 Å². The lowest BCUT2D eigenvalue weighted by Crippen LogP contribution is -2.37. The Labute approximate surface area is 114 Å². The molecule has 2 saturated heterocycles. The van der Waals surface area contributed by atoms with Crippen molar-refractivity contribution in [1.29, 1.82) is 0 Å². The summed E-state index contributed by atoms with van der Waals surface area (Å²) in [6.45, 7) is 5.02. The molecule has 2 heterocycles. The van der Waals surface area contributed by atoms with Crippen molar-refractivity contribution in [3.8, 4) is 0 Å². The van der Waals surface area contributed by atoms with Gasteiger partial charge in [0.25, 0.3) is 0 Å². The zero-order chi connectivity index (χ0) is 13.0. The van der Waals surface area contributed by atoms with Gasteiger partial charge in [-0.1, -0.05) is 0 Å². The fourth-order valence-electron chi connectivity index (χ4n) is 3.07. The third-order valence-electron chi connectivity index (χ3n) is 4.22. The van der Waals surface area contributed by atoms with Crippen LogP contribution >= 0.6 is 0 Å². The standard InChI is InChI=1S/C14H24O5/c1-3-14(18-7-8-19-14)4-2-12(1)9-16-11-13-10-15-5-6-17-13/h12-13H,1-11H2/t13-/m1/s1. The van der Waals surface area contributed by atoms with E-state index in [9.17, 15) is 0 Å². The highest BCUT2D eigenvalue weighted by molar-refractivity contribution is 4.82. The van der Waals surface area contributed by atoms with Crippen LogP contribution in [-0.4, -0.2) is 58.1 Å². The summed E-state index contributed by atoms with van der Waals surface area (Å²) in [5.74, 6) is 0.375. The Balaban J connectivity index is 1.31. The van der Waals surface area contributed by atoms with Crippen LogP contribution in [0.5, 0.6) is 0 Å². The molecular weight excluding hydrogens is 248 g/mol. The molecule has 3 rings (SSSR count). The molecule has 3 aliphatic rings. The summed E-state index contributed by atoms with van der Waals surface area (Å²) in [6.07, 6.45) is 4.38. The zero-order valence-electron chi connectivity index (χ0n) is 11.5. The van der Waals surface area contributed by atoms with Crippen LogP contribution in [0.15, 0.2) is 0 Å². The van der Waals surface area contributed by atoms with E-state index in [1.807, 2.05) is 0 Å². The minimum atomic E-state index is -0.253. The van der Waals surface area contributed by atoms with Gasteiger partial charge in [-0.15, -0.1) is 0 Å². The number of hydrogen-bond acceptors (Lipinski definition) is 5. The number of hydrogen-bond donors (Lipinski definition) is 0. The van der Waals surface area contributed by atoms with Crippen molar-refractivity contribution in [2.24, 2.45) is 5.92 Å². The lowest BCUT2D eigenvalue weighted by molar-refractivity contribution is -0.185. The first-order chi connectivity index (χ1) is 9.36. The van der Waals surface area contributed by atoms with Gasteiger partial charge in [-0.3, -0.25) is 0 Å². The van der Waals surface area contributed by atoms with Gasteiger partial charge in [-0.25, -0.2) is 0 Å². The van der Waals surface area contributed by atoms with E-state index in [2.05, 4.69) is 0 Å². The largest absolute Gasteiger partial charge is 0.378 e. The molecule has 1 saturated carbocycles. The Hall–Kier alpha value is -0.200. The van der Waals surface area contributed by atoms with Crippen molar-refractivity contribution in [3.63, 3.8) is 0 Å². The van der Waals surface area contributed by atoms with Gasteiger partial charge in [0.05, 0.1) is 39.6 Å². The first kappa shape index (κ1) is 13.8. The Bertz CT molecular complexity index is 261. The van der Waals surface area contributed by atoms with Crippen LogP contribution < -0.4 is 0 Å². The second-order valence-electron chi connectivity index (χ2n) is 5.66. The molecule has 1 spiro atoms. The molecule has 5 nitrogen and oxygen atoms in total. The number of ether oxygens (including phenoxy) is 5.